The van der Waals surface area contributed by atoms with E-state index in [1.807, 2.05) is 60.7 Å². The molecule has 0 saturated heterocycles. The molecule has 3 aromatic carbocycles. The van der Waals surface area contributed by atoms with Crippen molar-refractivity contribution in [2.45, 2.75) is 39.3 Å². The normalized spacial score (nSPS) is 12.1. The van der Waals surface area contributed by atoms with Crippen molar-refractivity contribution in [1.82, 2.24) is 9.55 Å². The van der Waals surface area contributed by atoms with Crippen molar-refractivity contribution < 1.29 is 14.6 Å². The van der Waals surface area contributed by atoms with Gasteiger partial charge < -0.3 is 14.4 Å². The summed E-state index contributed by atoms with van der Waals surface area (Å²) in [6.07, 6.45) is 1.17. The molecule has 0 radical (unpaired) electrons. The van der Waals surface area contributed by atoms with Gasteiger partial charge in [-0.2, -0.15) is 0 Å². The summed E-state index contributed by atoms with van der Waals surface area (Å²) in [4.78, 5) is 16.8. The molecule has 4 aromatic rings. The first-order chi connectivity index (χ1) is 15.6. The summed E-state index contributed by atoms with van der Waals surface area (Å²) in [6, 6.07) is 23.1. The van der Waals surface area contributed by atoms with Gasteiger partial charge in [0.15, 0.2) is 0 Å². The number of aliphatic hydroxyl groups is 1. The highest BCUT2D eigenvalue weighted by Crippen LogP contribution is 2.27. The van der Waals surface area contributed by atoms with Gasteiger partial charge in [0.05, 0.1) is 23.2 Å². The monoisotopic (exact) mass is 428 g/mol. The Hall–Kier alpha value is -3.44. The Bertz CT molecular complexity index is 1200. The van der Waals surface area contributed by atoms with Gasteiger partial charge in [-0.25, -0.2) is 9.78 Å². The fraction of sp³-hybridized carbons (Fsp3) is 0.259. The van der Waals surface area contributed by atoms with Crippen molar-refractivity contribution >= 4 is 17.0 Å². The molecule has 0 amide bonds. The second-order valence-corrected chi connectivity index (χ2v) is 7.84. The van der Waals surface area contributed by atoms with Crippen LogP contribution in [0.3, 0.4) is 0 Å². The number of benzene rings is 3. The van der Waals surface area contributed by atoms with Crippen LogP contribution in [0.4, 0.5) is 0 Å². The van der Waals surface area contributed by atoms with Gasteiger partial charge in [0.2, 0.25) is 0 Å². The molecule has 5 heteroatoms. The number of fused-ring (bicyclic) bond motifs is 1. The van der Waals surface area contributed by atoms with Crippen molar-refractivity contribution in [2.75, 3.05) is 6.61 Å². The molecule has 0 aliphatic carbocycles. The van der Waals surface area contributed by atoms with Crippen LogP contribution in [0.2, 0.25) is 0 Å². The Morgan fingerprint density at radius 3 is 2.44 bits per heavy atom. The van der Waals surface area contributed by atoms with E-state index >= 15 is 0 Å². The molecule has 0 spiro atoms. The summed E-state index contributed by atoms with van der Waals surface area (Å²) in [7, 11) is 0. The van der Waals surface area contributed by atoms with Crippen molar-refractivity contribution in [3.63, 3.8) is 0 Å². The Morgan fingerprint density at radius 2 is 1.75 bits per heavy atom. The fourth-order valence-electron chi connectivity index (χ4n) is 3.92. The highest BCUT2D eigenvalue weighted by molar-refractivity contribution is 5.89. The summed E-state index contributed by atoms with van der Waals surface area (Å²) < 4.78 is 7.28. The third kappa shape index (κ3) is 4.58. The zero-order valence-electron chi connectivity index (χ0n) is 18.5. The molecule has 0 aliphatic rings. The van der Waals surface area contributed by atoms with Crippen LogP contribution < -0.4 is 0 Å². The average Bonchev–Trinajstić information content (AvgIpc) is 3.16. The highest BCUT2D eigenvalue weighted by atomic mass is 16.5. The minimum Gasteiger partial charge on any atom is -0.462 e. The van der Waals surface area contributed by atoms with Crippen LogP contribution in [0.15, 0.2) is 72.8 Å². The number of aromatic nitrogens is 2. The lowest BCUT2D eigenvalue weighted by Crippen LogP contribution is -2.07. The number of carbonyl (C=O) groups is 1. The third-order valence-corrected chi connectivity index (χ3v) is 5.56. The number of aliphatic hydroxyl groups excluding tert-OH is 1. The number of hydrogen-bond acceptors (Lipinski definition) is 4. The van der Waals surface area contributed by atoms with E-state index < -0.39 is 6.10 Å². The summed E-state index contributed by atoms with van der Waals surface area (Å²) in [5, 5.41) is 10.9. The molecule has 0 aliphatic heterocycles. The molecule has 1 atom stereocenters. The molecule has 32 heavy (non-hydrogen) atoms. The quantitative estimate of drug-likeness (QED) is 0.387. The largest absolute Gasteiger partial charge is 0.462 e. The fourth-order valence-corrected chi connectivity index (χ4v) is 3.92. The van der Waals surface area contributed by atoms with Gasteiger partial charge in [-0.05, 0) is 54.3 Å². The van der Waals surface area contributed by atoms with Crippen LogP contribution in [0.5, 0.6) is 0 Å². The van der Waals surface area contributed by atoms with Crippen LogP contribution in [0.25, 0.3) is 11.0 Å². The number of nitrogens with zero attached hydrogens (tertiary/aromatic N) is 2. The van der Waals surface area contributed by atoms with Crippen LogP contribution in [-0.4, -0.2) is 27.2 Å². The van der Waals surface area contributed by atoms with Crippen LogP contribution in [-0.2, 0) is 17.7 Å². The van der Waals surface area contributed by atoms with E-state index in [9.17, 15) is 9.90 Å². The molecule has 0 bridgehead atoms. The zero-order chi connectivity index (χ0) is 22.5. The summed E-state index contributed by atoms with van der Waals surface area (Å²) in [5.41, 5.74) is 5.24. The number of carbonyl (C=O) groups excluding carboxylic acids is 1. The first-order valence-corrected chi connectivity index (χ1v) is 11.1. The standard InChI is InChI=1S/C27H28N2O3/c1-3-8-25-28-23-16-15-22(26(30)20-9-6-5-7-10-20)17-24(23)29(25)18-19-11-13-21(14-12-19)27(31)32-4-2/h5-7,9-17,26,30H,3-4,8,18H2,1-2H3. The summed E-state index contributed by atoms with van der Waals surface area (Å²) >= 11 is 0. The van der Waals surface area contributed by atoms with E-state index in [0.717, 1.165) is 46.4 Å². The Balaban J connectivity index is 1.69. The first-order valence-electron chi connectivity index (χ1n) is 11.1. The molecule has 164 valence electrons. The lowest BCUT2D eigenvalue weighted by Gasteiger charge is -2.13. The van der Waals surface area contributed by atoms with Crippen molar-refractivity contribution in [3.8, 4) is 0 Å². The smallest absolute Gasteiger partial charge is 0.338 e. The van der Waals surface area contributed by atoms with E-state index in [1.165, 1.54) is 0 Å². The van der Waals surface area contributed by atoms with Gasteiger partial charge in [0.1, 0.15) is 11.9 Å². The molecular formula is C27H28N2O3. The van der Waals surface area contributed by atoms with Crippen molar-refractivity contribution in [3.05, 3.63) is 101 Å². The van der Waals surface area contributed by atoms with Gasteiger partial charge >= 0.3 is 5.97 Å². The highest BCUT2D eigenvalue weighted by Gasteiger charge is 2.16. The second kappa shape index (κ2) is 9.79. The first kappa shape index (κ1) is 21.8. The van der Waals surface area contributed by atoms with Crippen LogP contribution >= 0.6 is 0 Å². The van der Waals surface area contributed by atoms with Gasteiger partial charge in [-0.1, -0.05) is 55.5 Å². The molecule has 5 nitrogen and oxygen atoms in total. The Kier molecular flexibility index (Phi) is 6.66. The van der Waals surface area contributed by atoms with Gasteiger partial charge in [0, 0.05) is 13.0 Å². The van der Waals surface area contributed by atoms with Gasteiger partial charge in [-0.15, -0.1) is 0 Å². The average molecular weight is 429 g/mol. The van der Waals surface area contributed by atoms with Crippen LogP contribution in [0, 0.1) is 0 Å². The SMILES string of the molecule is CCCc1nc2ccc(C(O)c3ccccc3)cc2n1Cc1ccc(C(=O)OCC)cc1. The van der Waals surface area contributed by atoms with E-state index in [2.05, 4.69) is 11.5 Å². The van der Waals surface area contributed by atoms with Crippen LogP contribution in [0.1, 0.15) is 59.2 Å². The number of esters is 1. The Labute approximate surface area is 188 Å². The Morgan fingerprint density at radius 1 is 1.00 bits per heavy atom. The maximum atomic E-state index is 11.9. The number of imidazole rings is 1. The molecule has 1 N–H and O–H groups in total. The predicted octanol–water partition coefficient (Wildman–Crippen LogP) is 5.30. The number of rotatable bonds is 8. The topological polar surface area (TPSA) is 64.4 Å². The van der Waals surface area contributed by atoms with E-state index in [0.29, 0.717) is 18.7 Å². The number of ether oxygens (including phenoxy) is 1. The minimum atomic E-state index is -0.692. The van der Waals surface area contributed by atoms with E-state index in [1.54, 1.807) is 19.1 Å². The predicted molar refractivity (Wildman–Crippen MR) is 126 cm³/mol. The molecule has 1 heterocycles. The molecule has 0 fully saturated rings. The number of hydrogen-bond donors (Lipinski definition) is 1. The van der Waals surface area contributed by atoms with E-state index in [4.69, 9.17) is 9.72 Å². The zero-order valence-corrected chi connectivity index (χ0v) is 18.5. The maximum absolute atomic E-state index is 11.9. The molecule has 0 saturated carbocycles. The van der Waals surface area contributed by atoms with Gasteiger partial charge in [-0.3, -0.25) is 0 Å². The minimum absolute atomic E-state index is 0.307. The summed E-state index contributed by atoms with van der Waals surface area (Å²) in [6.45, 7) is 4.94. The molecular weight excluding hydrogens is 400 g/mol. The molecule has 1 aromatic heterocycles. The maximum Gasteiger partial charge on any atom is 0.338 e. The van der Waals surface area contributed by atoms with Crippen molar-refractivity contribution in [2.24, 2.45) is 0 Å². The number of aryl methyl sites for hydroxylation is 1. The van der Waals surface area contributed by atoms with Crippen molar-refractivity contribution in [1.29, 1.82) is 0 Å². The summed E-state index contributed by atoms with van der Waals surface area (Å²) in [5.74, 6) is 0.710. The molecule has 1 unspecified atom stereocenters. The second-order valence-electron chi connectivity index (χ2n) is 7.84. The molecule has 4 rings (SSSR count). The van der Waals surface area contributed by atoms with E-state index in [-0.39, 0.29) is 5.97 Å². The van der Waals surface area contributed by atoms with Gasteiger partial charge in [0.25, 0.3) is 0 Å². The lowest BCUT2D eigenvalue weighted by atomic mass is 10.0. The lowest BCUT2D eigenvalue weighted by molar-refractivity contribution is 0.0526. The third-order valence-electron chi connectivity index (χ3n) is 5.56.